The molecule has 0 bridgehead atoms. The number of nitrogens with one attached hydrogen (secondary N) is 2. The Hall–Kier alpha value is -2.53. The van der Waals surface area contributed by atoms with Crippen LogP contribution in [0.4, 0.5) is 5.69 Å². The highest BCUT2D eigenvalue weighted by Gasteiger charge is 2.33. The third-order valence-electron chi connectivity index (χ3n) is 9.19. The first-order chi connectivity index (χ1) is 20.6. The van der Waals surface area contributed by atoms with E-state index in [2.05, 4.69) is 44.4 Å². The Balaban J connectivity index is 0.000000952. The number of carbonyl (C=O) groups excluding carboxylic acids is 3. The molecule has 42 heavy (non-hydrogen) atoms. The summed E-state index contributed by atoms with van der Waals surface area (Å²) in [6.07, 6.45) is 8.38. The van der Waals surface area contributed by atoms with Gasteiger partial charge < -0.3 is 34.9 Å². The average Bonchev–Trinajstić information content (AvgIpc) is 3.37. The highest BCUT2D eigenvalue weighted by Crippen LogP contribution is 2.31. The van der Waals surface area contributed by atoms with E-state index in [0.717, 1.165) is 101 Å². The summed E-state index contributed by atoms with van der Waals surface area (Å²) in [4.78, 5) is 43.0. The predicted octanol–water partition coefficient (Wildman–Crippen LogP) is 1.97. The number of rotatable bonds is 12. The van der Waals surface area contributed by atoms with Gasteiger partial charge in [0.2, 0.25) is 6.41 Å². The summed E-state index contributed by atoms with van der Waals surface area (Å²) in [5.74, 6) is 0.764. The number of fused-ring (bicyclic) bond motifs is 1. The summed E-state index contributed by atoms with van der Waals surface area (Å²) in [5, 5.41) is 5.65. The van der Waals surface area contributed by atoms with Crippen molar-refractivity contribution in [2.75, 3.05) is 84.0 Å². The molecule has 0 radical (unpaired) electrons. The number of piperazine rings is 1. The summed E-state index contributed by atoms with van der Waals surface area (Å²) >= 11 is 0. The fraction of sp³-hybridized carbons (Fsp3) is 0.719. The monoisotopic (exact) mass is 584 g/mol. The fourth-order valence-corrected chi connectivity index (χ4v) is 6.63. The quantitative estimate of drug-likeness (QED) is 0.360. The molecule has 1 atom stereocenters. The van der Waals surface area contributed by atoms with Gasteiger partial charge in [0.15, 0.2) is 0 Å². The van der Waals surface area contributed by atoms with Crippen LogP contribution in [0.5, 0.6) is 0 Å². The number of nitrogens with zero attached hydrogens (tertiary/aromatic N) is 4. The number of amides is 2. The molecule has 1 unspecified atom stereocenters. The summed E-state index contributed by atoms with van der Waals surface area (Å²) in [6.45, 7) is 14.7. The van der Waals surface area contributed by atoms with Crippen LogP contribution in [-0.2, 0) is 20.9 Å². The number of anilines is 1. The molecular weight excluding hydrogens is 532 g/mol. The van der Waals surface area contributed by atoms with Crippen LogP contribution in [-0.4, -0.2) is 125 Å². The van der Waals surface area contributed by atoms with Crippen molar-refractivity contribution in [3.05, 3.63) is 29.3 Å². The molecule has 10 heteroatoms. The van der Waals surface area contributed by atoms with Gasteiger partial charge in [-0.3, -0.25) is 14.5 Å². The molecule has 1 aromatic rings. The lowest BCUT2D eigenvalue weighted by Gasteiger charge is -2.39. The van der Waals surface area contributed by atoms with Crippen molar-refractivity contribution in [3.8, 4) is 0 Å². The van der Waals surface area contributed by atoms with Gasteiger partial charge in [-0.2, -0.15) is 0 Å². The molecule has 2 amide bonds. The zero-order chi connectivity index (χ0) is 29.7. The number of hydrogen-bond acceptors (Lipinski definition) is 8. The summed E-state index contributed by atoms with van der Waals surface area (Å²) in [6, 6.07) is 5.96. The maximum Gasteiger partial charge on any atom is 0.255 e. The van der Waals surface area contributed by atoms with Crippen molar-refractivity contribution in [2.45, 2.75) is 64.1 Å². The van der Waals surface area contributed by atoms with Crippen LogP contribution in [0.1, 0.15) is 61.4 Å². The normalized spacial score (nSPS) is 21.4. The molecule has 1 aromatic carbocycles. The highest BCUT2D eigenvalue weighted by atomic mass is 16.5. The molecule has 4 heterocycles. The van der Waals surface area contributed by atoms with Crippen molar-refractivity contribution in [3.63, 3.8) is 0 Å². The van der Waals surface area contributed by atoms with Gasteiger partial charge in [0.1, 0.15) is 6.29 Å². The molecular formula is C32H52N6O4. The number of ether oxygens (including phenoxy) is 1. The standard InChI is InChI=1S/C30H47N5O3.C2H5NO/c1-2-3-27(23-36)35-22-25-20-26(4-5-29(25)30(35)37)34-12-8-24(9-13-34)21-33-16-14-32(15-17-33)18-19-38-28-6-10-31-11-7-28;1-3-2-4/h4-5,20,23-24,27-28,31H,2-3,6-19,21-22H2,1H3;2H,1H3,(H,3,4). The van der Waals surface area contributed by atoms with E-state index in [-0.39, 0.29) is 11.9 Å². The van der Waals surface area contributed by atoms with Gasteiger partial charge in [0.25, 0.3) is 5.91 Å². The minimum atomic E-state index is -0.311. The van der Waals surface area contributed by atoms with Crippen LogP contribution < -0.4 is 15.5 Å². The molecule has 0 aromatic heterocycles. The van der Waals surface area contributed by atoms with E-state index >= 15 is 0 Å². The number of piperidine rings is 2. The molecule has 10 nitrogen and oxygen atoms in total. The average molecular weight is 585 g/mol. The molecule has 4 aliphatic rings. The molecule has 0 saturated carbocycles. The number of carbonyl (C=O) groups is 3. The summed E-state index contributed by atoms with van der Waals surface area (Å²) < 4.78 is 6.11. The zero-order valence-corrected chi connectivity index (χ0v) is 25.8. The van der Waals surface area contributed by atoms with Crippen molar-refractivity contribution < 1.29 is 19.1 Å². The SMILES string of the molecule is CCCC(C=O)N1Cc2cc(N3CCC(CN4CCN(CCOC5CCNCC5)CC4)CC3)ccc2C1=O.CNC=O. The van der Waals surface area contributed by atoms with E-state index in [4.69, 9.17) is 9.53 Å². The first-order valence-electron chi connectivity index (χ1n) is 16.1. The Morgan fingerprint density at radius 2 is 1.71 bits per heavy atom. The van der Waals surface area contributed by atoms with Gasteiger partial charge in [-0.1, -0.05) is 13.3 Å². The van der Waals surface area contributed by atoms with Crippen molar-refractivity contribution in [2.24, 2.45) is 5.92 Å². The Morgan fingerprint density at radius 3 is 2.36 bits per heavy atom. The van der Waals surface area contributed by atoms with Gasteiger partial charge in [-0.15, -0.1) is 0 Å². The summed E-state index contributed by atoms with van der Waals surface area (Å²) in [7, 11) is 1.56. The third-order valence-corrected chi connectivity index (χ3v) is 9.19. The maximum atomic E-state index is 12.9. The lowest BCUT2D eigenvalue weighted by Crippen LogP contribution is -2.49. The zero-order valence-electron chi connectivity index (χ0n) is 25.8. The molecule has 4 aliphatic heterocycles. The van der Waals surface area contributed by atoms with Crippen molar-refractivity contribution in [1.82, 2.24) is 25.3 Å². The first-order valence-corrected chi connectivity index (χ1v) is 16.1. The predicted molar refractivity (Wildman–Crippen MR) is 166 cm³/mol. The van der Waals surface area contributed by atoms with Gasteiger partial charge in [0, 0.05) is 77.2 Å². The van der Waals surface area contributed by atoms with E-state index in [9.17, 15) is 9.59 Å². The largest absolute Gasteiger partial charge is 0.377 e. The van der Waals surface area contributed by atoms with Crippen LogP contribution >= 0.6 is 0 Å². The van der Waals surface area contributed by atoms with E-state index in [0.29, 0.717) is 19.1 Å². The van der Waals surface area contributed by atoms with Gasteiger partial charge >= 0.3 is 0 Å². The maximum absolute atomic E-state index is 12.9. The van der Waals surface area contributed by atoms with E-state index in [1.807, 2.05) is 6.07 Å². The van der Waals surface area contributed by atoms with Crippen molar-refractivity contribution >= 4 is 24.3 Å². The second kappa shape index (κ2) is 16.9. The van der Waals surface area contributed by atoms with Gasteiger partial charge in [-0.05, 0) is 74.9 Å². The Morgan fingerprint density at radius 1 is 1.02 bits per heavy atom. The van der Waals surface area contributed by atoms with Crippen LogP contribution in [0.15, 0.2) is 18.2 Å². The number of hydrogen-bond donors (Lipinski definition) is 2. The molecule has 0 aliphatic carbocycles. The molecule has 2 N–H and O–H groups in total. The Bertz CT molecular complexity index is 987. The van der Waals surface area contributed by atoms with Gasteiger partial charge in [-0.25, -0.2) is 0 Å². The van der Waals surface area contributed by atoms with Crippen molar-refractivity contribution in [1.29, 1.82) is 0 Å². The molecule has 234 valence electrons. The lowest BCUT2D eigenvalue weighted by atomic mass is 9.95. The smallest absolute Gasteiger partial charge is 0.255 e. The molecule has 3 saturated heterocycles. The Labute approximate surface area is 252 Å². The second-order valence-electron chi connectivity index (χ2n) is 12.1. The minimum Gasteiger partial charge on any atom is -0.377 e. The number of aldehydes is 1. The highest BCUT2D eigenvalue weighted by molar-refractivity contribution is 6.00. The van der Waals surface area contributed by atoms with Crippen LogP contribution in [0.2, 0.25) is 0 Å². The fourth-order valence-electron chi connectivity index (χ4n) is 6.63. The van der Waals surface area contributed by atoms with E-state index in [1.54, 1.807) is 11.9 Å². The van der Waals surface area contributed by atoms with E-state index < -0.39 is 0 Å². The van der Waals surface area contributed by atoms with E-state index in [1.165, 1.54) is 38.2 Å². The van der Waals surface area contributed by atoms with Crippen LogP contribution in [0.25, 0.3) is 0 Å². The summed E-state index contributed by atoms with van der Waals surface area (Å²) in [5.41, 5.74) is 3.05. The van der Waals surface area contributed by atoms with Crippen LogP contribution in [0.3, 0.4) is 0 Å². The Kier molecular flexibility index (Phi) is 13.1. The van der Waals surface area contributed by atoms with Gasteiger partial charge in [0.05, 0.1) is 18.8 Å². The second-order valence-corrected chi connectivity index (χ2v) is 12.1. The number of benzene rings is 1. The third kappa shape index (κ3) is 8.99. The minimum absolute atomic E-state index is 0.00482. The molecule has 3 fully saturated rings. The molecule has 0 spiro atoms. The lowest BCUT2D eigenvalue weighted by molar-refractivity contribution is -0.112. The van der Waals surface area contributed by atoms with Crippen LogP contribution in [0, 0.1) is 5.92 Å². The first kappa shape index (κ1) is 32.4. The molecule has 5 rings (SSSR count). The topological polar surface area (TPSA) is 97.5 Å².